The van der Waals surface area contributed by atoms with Crippen LogP contribution >= 0.6 is 0 Å². The highest BCUT2D eigenvalue weighted by atomic mass is 16.5. The van der Waals surface area contributed by atoms with Crippen LogP contribution in [0.3, 0.4) is 0 Å². The van der Waals surface area contributed by atoms with E-state index in [9.17, 15) is 4.79 Å². The summed E-state index contributed by atoms with van der Waals surface area (Å²) >= 11 is 0. The SMILES string of the molecule is O=C(c1ccc(-n2cccc2)cc1)N1CCC(Oc2cccnn2)CC1. The summed E-state index contributed by atoms with van der Waals surface area (Å²) in [6.45, 7) is 1.37. The molecular formula is C20H20N4O2. The van der Waals surface area contributed by atoms with Crippen LogP contribution in [-0.4, -0.2) is 44.8 Å². The molecule has 0 N–H and O–H groups in total. The third-order valence-corrected chi connectivity index (χ3v) is 4.58. The first-order valence-electron chi connectivity index (χ1n) is 8.77. The lowest BCUT2D eigenvalue weighted by atomic mass is 10.1. The van der Waals surface area contributed by atoms with Crippen molar-refractivity contribution in [3.8, 4) is 11.6 Å². The number of carbonyl (C=O) groups excluding carboxylic acids is 1. The lowest BCUT2D eigenvalue weighted by Crippen LogP contribution is -2.41. The van der Waals surface area contributed by atoms with Gasteiger partial charge in [-0.05, 0) is 42.5 Å². The van der Waals surface area contributed by atoms with Crippen molar-refractivity contribution in [3.05, 3.63) is 72.7 Å². The summed E-state index contributed by atoms with van der Waals surface area (Å²) in [5.41, 5.74) is 1.76. The fourth-order valence-corrected chi connectivity index (χ4v) is 3.16. The van der Waals surface area contributed by atoms with E-state index in [0.717, 1.165) is 18.5 Å². The Kier molecular flexibility index (Phi) is 4.64. The molecule has 1 aliphatic rings. The first-order valence-corrected chi connectivity index (χ1v) is 8.77. The maximum atomic E-state index is 12.7. The van der Waals surface area contributed by atoms with Crippen LogP contribution in [0, 0.1) is 0 Å². The van der Waals surface area contributed by atoms with Crippen molar-refractivity contribution >= 4 is 5.91 Å². The monoisotopic (exact) mass is 348 g/mol. The van der Waals surface area contributed by atoms with Crippen molar-refractivity contribution in [1.82, 2.24) is 19.7 Å². The minimum atomic E-state index is 0.0713. The number of hydrogen-bond donors (Lipinski definition) is 0. The van der Waals surface area contributed by atoms with E-state index < -0.39 is 0 Å². The minimum Gasteiger partial charge on any atom is -0.473 e. The predicted octanol–water partition coefficient (Wildman–Crippen LogP) is 2.95. The molecule has 26 heavy (non-hydrogen) atoms. The minimum absolute atomic E-state index is 0.0713. The average molecular weight is 348 g/mol. The summed E-state index contributed by atoms with van der Waals surface area (Å²) in [4.78, 5) is 14.6. The van der Waals surface area contributed by atoms with Gasteiger partial charge in [-0.15, -0.1) is 5.10 Å². The van der Waals surface area contributed by atoms with Gasteiger partial charge in [0, 0.05) is 61.8 Å². The van der Waals surface area contributed by atoms with Crippen molar-refractivity contribution in [2.75, 3.05) is 13.1 Å². The molecule has 132 valence electrons. The van der Waals surface area contributed by atoms with Gasteiger partial charge < -0.3 is 14.2 Å². The van der Waals surface area contributed by atoms with Crippen molar-refractivity contribution < 1.29 is 9.53 Å². The first kappa shape index (κ1) is 16.3. The van der Waals surface area contributed by atoms with Crippen LogP contribution in [-0.2, 0) is 0 Å². The quantitative estimate of drug-likeness (QED) is 0.727. The number of ether oxygens (including phenoxy) is 1. The van der Waals surface area contributed by atoms with Crippen LogP contribution in [0.5, 0.6) is 5.88 Å². The molecule has 1 saturated heterocycles. The molecule has 1 fully saturated rings. The van der Waals surface area contributed by atoms with Gasteiger partial charge in [-0.3, -0.25) is 4.79 Å². The fraction of sp³-hybridized carbons (Fsp3) is 0.250. The zero-order chi connectivity index (χ0) is 17.8. The molecule has 1 aliphatic heterocycles. The van der Waals surface area contributed by atoms with Crippen molar-refractivity contribution in [2.24, 2.45) is 0 Å². The molecule has 3 heterocycles. The summed E-state index contributed by atoms with van der Waals surface area (Å²) in [6.07, 6.45) is 7.26. The third-order valence-electron chi connectivity index (χ3n) is 4.58. The number of nitrogens with zero attached hydrogens (tertiary/aromatic N) is 4. The highest BCUT2D eigenvalue weighted by Gasteiger charge is 2.25. The maximum absolute atomic E-state index is 12.7. The van der Waals surface area contributed by atoms with Gasteiger partial charge in [0.1, 0.15) is 6.10 Å². The molecule has 0 spiro atoms. The number of piperidine rings is 1. The van der Waals surface area contributed by atoms with Gasteiger partial charge in [0.15, 0.2) is 0 Å². The van der Waals surface area contributed by atoms with Crippen LogP contribution in [0.25, 0.3) is 5.69 Å². The fourth-order valence-electron chi connectivity index (χ4n) is 3.16. The van der Waals surface area contributed by atoms with Gasteiger partial charge in [0.2, 0.25) is 5.88 Å². The summed E-state index contributed by atoms with van der Waals surface area (Å²) in [7, 11) is 0. The van der Waals surface area contributed by atoms with E-state index in [2.05, 4.69) is 10.2 Å². The van der Waals surface area contributed by atoms with Gasteiger partial charge in [-0.2, -0.15) is 5.10 Å². The molecule has 6 heteroatoms. The summed E-state index contributed by atoms with van der Waals surface area (Å²) < 4.78 is 7.85. The number of rotatable bonds is 4. The van der Waals surface area contributed by atoms with Crippen LogP contribution in [0.1, 0.15) is 23.2 Å². The summed E-state index contributed by atoms with van der Waals surface area (Å²) in [5, 5.41) is 7.77. The lowest BCUT2D eigenvalue weighted by Gasteiger charge is -2.32. The Labute approximate surface area is 152 Å². The molecule has 0 saturated carbocycles. The third kappa shape index (κ3) is 3.59. The Bertz CT molecular complexity index is 839. The molecule has 0 radical (unpaired) electrons. The molecule has 0 atom stereocenters. The molecule has 1 aromatic carbocycles. The second kappa shape index (κ2) is 7.39. The second-order valence-electron chi connectivity index (χ2n) is 6.31. The van der Waals surface area contributed by atoms with Crippen molar-refractivity contribution in [3.63, 3.8) is 0 Å². The molecule has 0 unspecified atom stereocenters. The highest BCUT2D eigenvalue weighted by Crippen LogP contribution is 2.19. The molecule has 4 rings (SSSR count). The zero-order valence-electron chi connectivity index (χ0n) is 14.4. The second-order valence-corrected chi connectivity index (χ2v) is 6.31. The van der Waals surface area contributed by atoms with Gasteiger partial charge >= 0.3 is 0 Å². The van der Waals surface area contributed by atoms with E-state index in [-0.39, 0.29) is 12.0 Å². The van der Waals surface area contributed by atoms with Gasteiger partial charge in [-0.25, -0.2) is 0 Å². The summed E-state index contributed by atoms with van der Waals surface area (Å²) in [6, 6.07) is 15.3. The van der Waals surface area contributed by atoms with Gasteiger partial charge in [-0.1, -0.05) is 0 Å². The van der Waals surface area contributed by atoms with E-state index in [1.54, 1.807) is 18.3 Å². The molecule has 1 amide bonds. The Hall–Kier alpha value is -3.15. The molecule has 3 aromatic rings. The number of aromatic nitrogens is 3. The number of amides is 1. The van der Waals surface area contributed by atoms with E-state index >= 15 is 0 Å². The van der Waals surface area contributed by atoms with Crippen LogP contribution in [0.15, 0.2) is 67.1 Å². The lowest BCUT2D eigenvalue weighted by molar-refractivity contribution is 0.0586. The van der Waals surface area contributed by atoms with E-state index in [4.69, 9.17) is 4.74 Å². The number of likely N-dealkylation sites (tertiary alicyclic amines) is 1. The van der Waals surface area contributed by atoms with Crippen molar-refractivity contribution in [2.45, 2.75) is 18.9 Å². The normalized spacial score (nSPS) is 15.0. The highest BCUT2D eigenvalue weighted by molar-refractivity contribution is 5.94. The van der Waals surface area contributed by atoms with Crippen LogP contribution in [0.4, 0.5) is 0 Å². The Morgan fingerprint density at radius 1 is 1.00 bits per heavy atom. The molecule has 0 aliphatic carbocycles. The van der Waals surface area contributed by atoms with Gasteiger partial charge in [0.05, 0.1) is 0 Å². The maximum Gasteiger partial charge on any atom is 0.253 e. The number of carbonyl (C=O) groups is 1. The summed E-state index contributed by atoms with van der Waals surface area (Å²) in [5.74, 6) is 0.611. The van der Waals surface area contributed by atoms with E-state index in [0.29, 0.717) is 24.5 Å². The zero-order valence-corrected chi connectivity index (χ0v) is 14.4. The topological polar surface area (TPSA) is 60.2 Å². The number of benzene rings is 1. The molecule has 0 bridgehead atoms. The van der Waals surface area contributed by atoms with Crippen molar-refractivity contribution in [1.29, 1.82) is 0 Å². The first-order chi connectivity index (χ1) is 12.8. The van der Waals surface area contributed by atoms with Gasteiger partial charge in [0.25, 0.3) is 5.91 Å². The number of hydrogen-bond acceptors (Lipinski definition) is 4. The van der Waals surface area contributed by atoms with Crippen LogP contribution in [0.2, 0.25) is 0 Å². The Morgan fingerprint density at radius 2 is 1.73 bits per heavy atom. The Morgan fingerprint density at radius 3 is 2.38 bits per heavy atom. The van der Waals surface area contributed by atoms with E-state index in [1.807, 2.05) is 58.3 Å². The smallest absolute Gasteiger partial charge is 0.253 e. The van der Waals surface area contributed by atoms with E-state index in [1.165, 1.54) is 0 Å². The average Bonchev–Trinajstić information content (AvgIpc) is 3.24. The molecule has 6 nitrogen and oxygen atoms in total. The standard InChI is InChI=1S/C20H20N4O2/c25-20(16-5-7-17(8-6-16)23-12-1-2-13-23)24-14-9-18(10-15-24)26-19-4-3-11-21-22-19/h1-8,11-13,18H,9-10,14-15H2. The predicted molar refractivity (Wildman–Crippen MR) is 97.4 cm³/mol. The van der Waals surface area contributed by atoms with Crippen LogP contribution < -0.4 is 4.74 Å². The molecule has 2 aromatic heterocycles. The largest absolute Gasteiger partial charge is 0.473 e. The molecular weight excluding hydrogens is 328 g/mol. The Balaban J connectivity index is 1.34.